The van der Waals surface area contributed by atoms with Crippen LogP contribution in [0.25, 0.3) is 27.8 Å². The first-order valence-electron chi connectivity index (χ1n) is 7.81. The van der Waals surface area contributed by atoms with E-state index in [-0.39, 0.29) is 0 Å². The topological polar surface area (TPSA) is 64.3 Å². The molecule has 0 spiro atoms. The summed E-state index contributed by atoms with van der Waals surface area (Å²) in [5, 5.41) is 13.0. The first kappa shape index (κ1) is 14.6. The third-order valence-corrected chi connectivity index (χ3v) is 3.90. The van der Waals surface area contributed by atoms with Crippen LogP contribution < -0.4 is 5.32 Å². The number of hydrogen-bond acceptors (Lipinski definition) is 5. The number of anilines is 1. The van der Waals surface area contributed by atoms with Crippen LogP contribution in [0.2, 0.25) is 0 Å². The minimum absolute atomic E-state index is 0.615. The summed E-state index contributed by atoms with van der Waals surface area (Å²) in [6.45, 7) is 1.30. The second-order valence-corrected chi connectivity index (χ2v) is 5.44. The molecule has 4 aromatic rings. The van der Waals surface area contributed by atoms with Crippen molar-refractivity contribution in [1.29, 1.82) is 0 Å². The van der Waals surface area contributed by atoms with Crippen molar-refractivity contribution in [3.8, 4) is 11.3 Å². The second kappa shape index (κ2) is 6.25. The van der Waals surface area contributed by atoms with Crippen LogP contribution in [0.3, 0.4) is 0 Å². The molecule has 0 aliphatic heterocycles. The smallest absolute Gasteiger partial charge is 0.186 e. The number of benzene rings is 2. The molecule has 2 aromatic carbocycles. The average molecular weight is 319 g/mol. The molecule has 0 unspecified atom stereocenters. The second-order valence-electron chi connectivity index (χ2n) is 5.44. The first-order chi connectivity index (χ1) is 11.9. The van der Waals surface area contributed by atoms with Gasteiger partial charge >= 0.3 is 0 Å². The van der Waals surface area contributed by atoms with Gasteiger partial charge in [0.15, 0.2) is 5.65 Å². The largest absolute Gasteiger partial charge is 0.383 e. The van der Waals surface area contributed by atoms with Crippen molar-refractivity contribution in [3.63, 3.8) is 0 Å². The van der Waals surface area contributed by atoms with Gasteiger partial charge in [0.1, 0.15) is 11.5 Å². The van der Waals surface area contributed by atoms with Crippen LogP contribution in [0, 0.1) is 0 Å². The predicted molar refractivity (Wildman–Crippen MR) is 94.1 cm³/mol. The molecular weight excluding hydrogens is 302 g/mol. The van der Waals surface area contributed by atoms with E-state index < -0.39 is 0 Å². The van der Waals surface area contributed by atoms with Gasteiger partial charge in [-0.15, -0.1) is 5.10 Å². The molecular formula is C18H17N5O. The van der Waals surface area contributed by atoms with Crippen LogP contribution >= 0.6 is 0 Å². The molecule has 4 rings (SSSR count). The number of methoxy groups -OCH3 is 1. The number of nitrogens with one attached hydrogen (secondary N) is 1. The van der Waals surface area contributed by atoms with Gasteiger partial charge in [-0.3, -0.25) is 0 Å². The number of para-hydroxylation sites is 1. The Hall–Kier alpha value is -2.99. The fraction of sp³-hybridized carbons (Fsp3) is 0.167. The molecule has 24 heavy (non-hydrogen) atoms. The Morgan fingerprint density at radius 1 is 1.04 bits per heavy atom. The number of ether oxygens (including phenoxy) is 1. The lowest BCUT2D eigenvalue weighted by atomic mass is 10.1. The van der Waals surface area contributed by atoms with Crippen LogP contribution in [-0.2, 0) is 4.74 Å². The Morgan fingerprint density at radius 2 is 1.83 bits per heavy atom. The number of nitrogens with zero attached hydrogens (tertiary/aromatic N) is 4. The summed E-state index contributed by atoms with van der Waals surface area (Å²) in [5.41, 5.74) is 3.48. The molecule has 6 nitrogen and oxygen atoms in total. The number of hydrogen-bond donors (Lipinski definition) is 1. The Kier molecular flexibility index (Phi) is 3.80. The van der Waals surface area contributed by atoms with Crippen molar-refractivity contribution >= 4 is 22.4 Å². The van der Waals surface area contributed by atoms with Crippen molar-refractivity contribution in [2.45, 2.75) is 0 Å². The minimum Gasteiger partial charge on any atom is -0.383 e. The first-order valence-corrected chi connectivity index (χ1v) is 7.81. The van der Waals surface area contributed by atoms with E-state index in [4.69, 9.17) is 9.72 Å². The molecule has 0 saturated carbocycles. The lowest BCUT2D eigenvalue weighted by molar-refractivity contribution is 0.210. The summed E-state index contributed by atoms with van der Waals surface area (Å²) in [6.07, 6.45) is 0. The SMILES string of the molecule is COCCNc1nc2c(-c3ccccc3)nnn2c2ccccc12. The maximum absolute atomic E-state index is 5.12. The van der Waals surface area contributed by atoms with E-state index in [9.17, 15) is 0 Å². The summed E-state index contributed by atoms with van der Waals surface area (Å²) < 4.78 is 6.91. The Balaban J connectivity index is 1.93. The highest BCUT2D eigenvalue weighted by Gasteiger charge is 2.15. The molecule has 0 bridgehead atoms. The van der Waals surface area contributed by atoms with E-state index >= 15 is 0 Å². The molecule has 2 aromatic heterocycles. The molecule has 0 saturated heterocycles. The van der Waals surface area contributed by atoms with Crippen LogP contribution in [-0.4, -0.2) is 40.1 Å². The van der Waals surface area contributed by atoms with Gasteiger partial charge in [-0.1, -0.05) is 47.7 Å². The van der Waals surface area contributed by atoms with Gasteiger partial charge in [0, 0.05) is 24.6 Å². The van der Waals surface area contributed by atoms with Crippen LogP contribution in [0.1, 0.15) is 0 Å². The Labute approximate surface area is 139 Å². The zero-order chi connectivity index (χ0) is 16.4. The average Bonchev–Trinajstić information content (AvgIpc) is 3.07. The summed E-state index contributed by atoms with van der Waals surface area (Å²) in [6, 6.07) is 18.0. The summed E-state index contributed by atoms with van der Waals surface area (Å²) in [4.78, 5) is 4.78. The van der Waals surface area contributed by atoms with Crippen molar-refractivity contribution in [1.82, 2.24) is 19.8 Å². The van der Waals surface area contributed by atoms with E-state index in [1.165, 1.54) is 0 Å². The molecule has 2 heterocycles. The van der Waals surface area contributed by atoms with Crippen LogP contribution in [0.15, 0.2) is 54.6 Å². The van der Waals surface area contributed by atoms with Crippen LogP contribution in [0.5, 0.6) is 0 Å². The van der Waals surface area contributed by atoms with E-state index in [1.807, 2.05) is 54.6 Å². The summed E-state index contributed by atoms with van der Waals surface area (Å²) >= 11 is 0. The van der Waals surface area contributed by atoms with Gasteiger partial charge < -0.3 is 10.1 Å². The highest BCUT2D eigenvalue weighted by atomic mass is 16.5. The fourth-order valence-corrected chi connectivity index (χ4v) is 2.75. The lowest BCUT2D eigenvalue weighted by Crippen LogP contribution is -2.10. The molecule has 120 valence electrons. The van der Waals surface area contributed by atoms with Gasteiger partial charge in [0.2, 0.25) is 0 Å². The fourth-order valence-electron chi connectivity index (χ4n) is 2.75. The standard InChI is InChI=1S/C18H17N5O/c1-24-12-11-19-17-14-9-5-6-10-15(14)23-18(20-17)16(21-22-23)13-7-3-2-4-8-13/h2-10H,11-12H2,1H3,(H,19,20). The maximum Gasteiger partial charge on any atom is 0.186 e. The normalized spacial score (nSPS) is 11.2. The van der Waals surface area contributed by atoms with E-state index in [0.717, 1.165) is 33.6 Å². The summed E-state index contributed by atoms with van der Waals surface area (Å²) in [7, 11) is 1.69. The van der Waals surface area contributed by atoms with Crippen molar-refractivity contribution < 1.29 is 4.74 Å². The van der Waals surface area contributed by atoms with Crippen molar-refractivity contribution in [2.24, 2.45) is 0 Å². The van der Waals surface area contributed by atoms with Gasteiger partial charge in [0.25, 0.3) is 0 Å². The van der Waals surface area contributed by atoms with Gasteiger partial charge in [-0.05, 0) is 12.1 Å². The molecule has 0 radical (unpaired) electrons. The highest BCUT2D eigenvalue weighted by molar-refractivity contribution is 5.93. The maximum atomic E-state index is 5.12. The van der Waals surface area contributed by atoms with Gasteiger partial charge in [-0.2, -0.15) is 4.52 Å². The Morgan fingerprint density at radius 3 is 2.67 bits per heavy atom. The van der Waals surface area contributed by atoms with Crippen molar-refractivity contribution in [2.75, 3.05) is 25.6 Å². The zero-order valence-electron chi connectivity index (χ0n) is 13.3. The highest BCUT2D eigenvalue weighted by Crippen LogP contribution is 2.27. The number of rotatable bonds is 5. The van der Waals surface area contributed by atoms with Crippen LogP contribution in [0.4, 0.5) is 5.82 Å². The third-order valence-electron chi connectivity index (χ3n) is 3.90. The minimum atomic E-state index is 0.615. The molecule has 0 fully saturated rings. The zero-order valence-corrected chi connectivity index (χ0v) is 13.3. The molecule has 1 N–H and O–H groups in total. The van der Waals surface area contributed by atoms with E-state index in [2.05, 4.69) is 15.6 Å². The number of fused-ring (bicyclic) bond motifs is 3. The number of aromatic nitrogens is 4. The third kappa shape index (κ3) is 2.47. The molecule has 0 aliphatic rings. The molecule has 0 amide bonds. The Bertz CT molecular complexity index is 981. The van der Waals surface area contributed by atoms with Crippen molar-refractivity contribution in [3.05, 3.63) is 54.6 Å². The quantitative estimate of drug-likeness (QED) is 0.573. The predicted octanol–water partition coefficient (Wildman–Crippen LogP) is 3.00. The van der Waals surface area contributed by atoms with E-state index in [1.54, 1.807) is 11.6 Å². The van der Waals surface area contributed by atoms with Gasteiger partial charge in [-0.25, -0.2) is 4.98 Å². The van der Waals surface area contributed by atoms with Gasteiger partial charge in [0.05, 0.1) is 12.1 Å². The van der Waals surface area contributed by atoms with E-state index in [0.29, 0.717) is 13.2 Å². The monoisotopic (exact) mass is 319 g/mol. The molecule has 6 heteroatoms. The molecule has 0 atom stereocenters. The lowest BCUT2D eigenvalue weighted by Gasteiger charge is -2.10. The molecule has 0 aliphatic carbocycles. The summed E-state index contributed by atoms with van der Waals surface area (Å²) in [5.74, 6) is 0.814.